The fraction of sp³-hybridized carbons (Fsp3) is 0.471. The quantitative estimate of drug-likeness (QED) is 0.195. The molecule has 0 radical (unpaired) electrons. The summed E-state index contributed by atoms with van der Waals surface area (Å²) >= 11 is 2.77. The summed E-state index contributed by atoms with van der Waals surface area (Å²) in [5, 5.41) is 22.5. The third-order valence-electron chi connectivity index (χ3n) is 5.19. The van der Waals surface area contributed by atoms with E-state index in [1.54, 1.807) is 24.1 Å². The van der Waals surface area contributed by atoms with E-state index in [2.05, 4.69) is 15.5 Å². The number of nitro groups is 1. The largest absolute Gasteiger partial charge is 0.460 e. The summed E-state index contributed by atoms with van der Waals surface area (Å²) in [4.78, 5) is 37.3. The Kier molecular flexibility index (Phi) is 5.85. The van der Waals surface area contributed by atoms with E-state index in [1.165, 1.54) is 40.3 Å². The summed E-state index contributed by atoms with van der Waals surface area (Å²) in [5.41, 5.74) is 5.49. The van der Waals surface area contributed by atoms with Crippen LogP contribution in [0.1, 0.15) is 5.56 Å². The van der Waals surface area contributed by atoms with Gasteiger partial charge in [-0.2, -0.15) is 0 Å². The first kappa shape index (κ1) is 21.5. The Labute approximate surface area is 185 Å². The van der Waals surface area contributed by atoms with Gasteiger partial charge in [0.1, 0.15) is 23.4 Å². The first-order valence-corrected chi connectivity index (χ1v) is 11.3. The maximum Gasteiger partial charge on any atom is 0.315 e. The van der Waals surface area contributed by atoms with E-state index in [-0.39, 0.29) is 30.1 Å². The van der Waals surface area contributed by atoms with Gasteiger partial charge in [-0.1, -0.05) is 11.8 Å². The van der Waals surface area contributed by atoms with Crippen LogP contribution in [0.25, 0.3) is 0 Å². The van der Waals surface area contributed by atoms with E-state index in [0.29, 0.717) is 22.2 Å². The van der Waals surface area contributed by atoms with Crippen LogP contribution in [0, 0.1) is 15.5 Å². The number of hydrogen-bond donors (Lipinski definition) is 1. The second-order valence-corrected chi connectivity index (χ2v) is 9.39. The van der Waals surface area contributed by atoms with Crippen molar-refractivity contribution in [3.05, 3.63) is 39.9 Å². The molecule has 2 aliphatic rings. The molecule has 3 heterocycles. The summed E-state index contributed by atoms with van der Waals surface area (Å²) in [6.45, 7) is 0.172. The van der Waals surface area contributed by atoms with Gasteiger partial charge < -0.3 is 15.4 Å². The zero-order valence-corrected chi connectivity index (χ0v) is 18.0. The lowest BCUT2D eigenvalue weighted by Crippen LogP contribution is -2.72. The molecule has 1 amide bonds. The monoisotopic (exact) mass is 465 g/mol. The highest BCUT2D eigenvalue weighted by Gasteiger charge is 2.56. The first-order chi connectivity index (χ1) is 14.8. The SMILES string of the molecule is Cn1nnnc1SCC1(C(=O)OCc2ccc([N+](=O)[O-])cc2)CS[C@@H]2C(N)C(=O)N2C1. The topological polar surface area (TPSA) is 159 Å². The van der Waals surface area contributed by atoms with Crippen LogP contribution < -0.4 is 5.73 Å². The summed E-state index contributed by atoms with van der Waals surface area (Å²) < 4.78 is 7.08. The van der Waals surface area contributed by atoms with Crippen molar-refractivity contribution in [2.24, 2.45) is 18.2 Å². The van der Waals surface area contributed by atoms with Crippen molar-refractivity contribution in [2.45, 2.75) is 23.2 Å². The molecular formula is C17H19N7O5S2. The second-order valence-electron chi connectivity index (χ2n) is 7.35. The van der Waals surface area contributed by atoms with E-state index in [4.69, 9.17) is 10.5 Å². The van der Waals surface area contributed by atoms with Crippen LogP contribution in [-0.4, -0.2) is 71.4 Å². The van der Waals surface area contributed by atoms with Crippen LogP contribution in [-0.2, 0) is 28.0 Å². The molecule has 2 saturated heterocycles. The number of thioether (sulfide) groups is 2. The summed E-state index contributed by atoms with van der Waals surface area (Å²) in [6, 6.07) is 5.26. The van der Waals surface area contributed by atoms with E-state index in [1.807, 2.05) is 0 Å². The summed E-state index contributed by atoms with van der Waals surface area (Å²) in [5.74, 6) is 0.119. The zero-order chi connectivity index (χ0) is 22.2. The number of fused-ring (bicyclic) bond motifs is 1. The van der Waals surface area contributed by atoms with Gasteiger partial charge in [-0.3, -0.25) is 19.7 Å². The molecule has 0 saturated carbocycles. The Morgan fingerprint density at radius 2 is 2.19 bits per heavy atom. The molecule has 0 spiro atoms. The van der Waals surface area contributed by atoms with Crippen LogP contribution in [0.5, 0.6) is 0 Å². The molecule has 2 aliphatic heterocycles. The van der Waals surface area contributed by atoms with Gasteiger partial charge >= 0.3 is 5.97 Å². The van der Waals surface area contributed by atoms with Crippen molar-refractivity contribution in [2.75, 3.05) is 18.1 Å². The van der Waals surface area contributed by atoms with Gasteiger partial charge in [0.2, 0.25) is 11.1 Å². The van der Waals surface area contributed by atoms with E-state index in [9.17, 15) is 19.7 Å². The number of non-ortho nitro benzene ring substituents is 1. The molecule has 2 fully saturated rings. The molecule has 2 aromatic rings. The molecule has 2 unspecified atom stereocenters. The highest BCUT2D eigenvalue weighted by molar-refractivity contribution is 8.00. The average Bonchev–Trinajstić information content (AvgIpc) is 3.20. The number of hydrogen-bond acceptors (Lipinski definition) is 11. The third-order valence-corrected chi connectivity index (χ3v) is 8.10. The standard InChI is InChI=1S/C17H19N7O5S2/c1-22-16(19-20-21-22)31-9-17(7-23-13(25)12(18)14(23)30-8-17)15(26)29-6-10-2-4-11(5-3-10)24(27)28/h2-5,12,14H,6-9,18H2,1H3/t12?,14-,17?/m1/s1. The van der Waals surface area contributed by atoms with Crippen LogP contribution in [0.15, 0.2) is 29.4 Å². The molecule has 0 aliphatic carbocycles. The van der Waals surface area contributed by atoms with E-state index >= 15 is 0 Å². The number of aromatic nitrogens is 4. The van der Waals surface area contributed by atoms with Crippen molar-refractivity contribution < 1.29 is 19.2 Å². The number of amides is 1. The number of carbonyl (C=O) groups excluding carboxylic acids is 2. The zero-order valence-electron chi connectivity index (χ0n) is 16.4. The number of ether oxygens (including phenoxy) is 1. The normalized spacial score (nSPS) is 25.0. The van der Waals surface area contributed by atoms with Gasteiger partial charge in [0, 0.05) is 37.2 Å². The number of nitrogens with two attached hydrogens (primary N) is 1. The van der Waals surface area contributed by atoms with Crippen molar-refractivity contribution in [1.29, 1.82) is 0 Å². The lowest BCUT2D eigenvalue weighted by atomic mass is 9.89. The van der Waals surface area contributed by atoms with Crippen LogP contribution in [0.3, 0.4) is 0 Å². The Morgan fingerprint density at radius 3 is 2.84 bits per heavy atom. The van der Waals surface area contributed by atoms with Crippen LogP contribution >= 0.6 is 23.5 Å². The lowest BCUT2D eigenvalue weighted by molar-refractivity contribution is -0.384. The number of carbonyl (C=O) groups is 2. The van der Waals surface area contributed by atoms with Crippen molar-refractivity contribution >= 4 is 41.1 Å². The number of β-lactam (4-membered cyclic amide) rings is 1. The highest BCUT2D eigenvalue weighted by Crippen LogP contribution is 2.44. The average molecular weight is 466 g/mol. The van der Waals surface area contributed by atoms with Crippen LogP contribution in [0.2, 0.25) is 0 Å². The van der Waals surface area contributed by atoms with E-state index < -0.39 is 22.3 Å². The fourth-order valence-electron chi connectivity index (χ4n) is 3.36. The van der Waals surface area contributed by atoms with E-state index in [0.717, 1.165) is 0 Å². The molecule has 1 aromatic carbocycles. The molecule has 1 aromatic heterocycles. The molecule has 14 heteroatoms. The fourth-order valence-corrected chi connectivity index (χ4v) is 6.01. The predicted molar refractivity (Wildman–Crippen MR) is 111 cm³/mol. The van der Waals surface area contributed by atoms with Crippen molar-refractivity contribution in [3.8, 4) is 0 Å². The highest BCUT2D eigenvalue weighted by atomic mass is 32.2. The molecule has 2 N–H and O–H groups in total. The molecule has 3 atom stereocenters. The third kappa shape index (κ3) is 4.09. The Morgan fingerprint density at radius 1 is 1.45 bits per heavy atom. The minimum atomic E-state index is -0.964. The van der Waals surface area contributed by atoms with Gasteiger partial charge in [-0.05, 0) is 28.1 Å². The van der Waals surface area contributed by atoms with Gasteiger partial charge in [-0.25, -0.2) is 4.68 Å². The number of tetrazole rings is 1. The summed E-state index contributed by atoms with van der Waals surface area (Å²) in [6.07, 6.45) is 0. The van der Waals surface area contributed by atoms with Crippen molar-refractivity contribution in [1.82, 2.24) is 25.1 Å². The second kappa shape index (κ2) is 8.43. The summed E-state index contributed by atoms with van der Waals surface area (Å²) in [7, 11) is 1.70. The minimum absolute atomic E-state index is 0.0314. The Bertz CT molecular complexity index is 1020. The predicted octanol–water partition coefficient (Wildman–Crippen LogP) is 0.183. The molecule has 4 rings (SSSR count). The van der Waals surface area contributed by atoms with Gasteiger partial charge in [0.15, 0.2) is 0 Å². The number of aryl methyl sites for hydroxylation is 1. The maximum absolute atomic E-state index is 13.2. The van der Waals surface area contributed by atoms with Gasteiger partial charge in [-0.15, -0.1) is 16.9 Å². The molecule has 12 nitrogen and oxygen atoms in total. The van der Waals surface area contributed by atoms with Crippen LogP contribution in [0.4, 0.5) is 5.69 Å². The number of esters is 1. The molecule has 31 heavy (non-hydrogen) atoms. The number of rotatable bonds is 7. The maximum atomic E-state index is 13.2. The van der Waals surface area contributed by atoms with Gasteiger partial charge in [0.25, 0.3) is 5.69 Å². The number of benzene rings is 1. The van der Waals surface area contributed by atoms with Crippen molar-refractivity contribution in [3.63, 3.8) is 0 Å². The van der Waals surface area contributed by atoms with Gasteiger partial charge in [0.05, 0.1) is 4.92 Å². The Balaban J connectivity index is 1.48. The smallest absolute Gasteiger partial charge is 0.315 e. The first-order valence-electron chi connectivity index (χ1n) is 9.24. The minimum Gasteiger partial charge on any atom is -0.460 e. The molecular weight excluding hydrogens is 446 g/mol. The molecule has 0 bridgehead atoms. The Hall–Kier alpha value is -2.71. The lowest BCUT2D eigenvalue weighted by Gasteiger charge is -2.53. The molecule has 164 valence electrons. The number of nitrogens with zero attached hydrogens (tertiary/aromatic N) is 6. The number of nitro benzene ring substituents is 1.